The second kappa shape index (κ2) is 6.44. The van der Waals surface area contributed by atoms with E-state index in [1.807, 2.05) is 24.3 Å². The molecule has 2 aromatic carbocycles. The molecule has 0 aromatic heterocycles. The van der Waals surface area contributed by atoms with Crippen molar-refractivity contribution in [3.8, 4) is 11.5 Å². The summed E-state index contributed by atoms with van der Waals surface area (Å²) in [5.41, 5.74) is 0.870. The average molecular weight is 353 g/mol. The van der Waals surface area contributed by atoms with Crippen molar-refractivity contribution < 1.29 is 13.2 Å². The normalized spacial score (nSPS) is 17.0. The molecule has 4 nitrogen and oxygen atoms in total. The largest absolute Gasteiger partial charge is 0.457 e. The number of rotatable bonds is 6. The maximum absolute atomic E-state index is 12.2. The molecule has 0 bridgehead atoms. The van der Waals surface area contributed by atoms with Crippen LogP contribution in [0.1, 0.15) is 0 Å². The maximum atomic E-state index is 12.2. The molecule has 0 aliphatic carbocycles. The van der Waals surface area contributed by atoms with Gasteiger partial charge in [-0.25, -0.2) is 8.42 Å². The highest BCUT2D eigenvalue weighted by Crippen LogP contribution is 2.33. The Kier molecular flexibility index (Phi) is 4.56. The van der Waals surface area contributed by atoms with Crippen LogP contribution in [0.2, 0.25) is 0 Å². The van der Waals surface area contributed by atoms with Crippen LogP contribution in [0.3, 0.4) is 0 Å². The predicted molar refractivity (Wildman–Crippen MR) is 93.9 cm³/mol. The summed E-state index contributed by atoms with van der Waals surface area (Å²) in [5, 5.41) is 0.264. The van der Waals surface area contributed by atoms with Crippen molar-refractivity contribution in [2.75, 3.05) is 16.2 Å². The summed E-state index contributed by atoms with van der Waals surface area (Å²) in [4.78, 5) is 0.349. The van der Waals surface area contributed by atoms with Crippen LogP contribution in [-0.2, 0) is 9.84 Å². The molecule has 0 spiro atoms. The molecular weight excluding hydrogens is 338 g/mol. The van der Waals surface area contributed by atoms with Gasteiger partial charge < -0.3 is 9.46 Å². The second-order valence-electron chi connectivity index (χ2n) is 4.95. The topological polar surface area (TPSA) is 55.4 Å². The number of benzene rings is 2. The van der Waals surface area contributed by atoms with Gasteiger partial charge in [0.15, 0.2) is 9.84 Å². The molecule has 1 aliphatic rings. The average Bonchev–Trinajstić information content (AvgIpc) is 3.32. The standard InChI is InChI=1S/C15H15NO3S3/c17-22(18,10-14-9-21-14)15-7-5-13(6-8-15)19-12-3-1-11(16-20)2-4-12/h1-8,14,16,20H,9-10H2. The van der Waals surface area contributed by atoms with Gasteiger partial charge in [0.2, 0.25) is 0 Å². The molecule has 2 aromatic rings. The van der Waals surface area contributed by atoms with Crippen LogP contribution in [-0.4, -0.2) is 25.2 Å². The Bertz CT molecular complexity index is 739. The minimum absolute atomic E-state index is 0.218. The summed E-state index contributed by atoms with van der Waals surface area (Å²) in [5.74, 6) is 2.44. The Morgan fingerprint density at radius 1 is 1.09 bits per heavy atom. The van der Waals surface area contributed by atoms with Gasteiger partial charge in [0.25, 0.3) is 0 Å². The molecule has 1 fully saturated rings. The van der Waals surface area contributed by atoms with Crippen LogP contribution in [0.5, 0.6) is 11.5 Å². The van der Waals surface area contributed by atoms with Crippen LogP contribution in [0.15, 0.2) is 53.4 Å². The van der Waals surface area contributed by atoms with E-state index < -0.39 is 9.84 Å². The van der Waals surface area contributed by atoms with E-state index in [-0.39, 0.29) is 11.0 Å². The van der Waals surface area contributed by atoms with Gasteiger partial charge in [-0.3, -0.25) is 0 Å². The number of thiol groups is 1. The van der Waals surface area contributed by atoms with E-state index in [4.69, 9.17) is 4.74 Å². The van der Waals surface area contributed by atoms with Gasteiger partial charge in [-0.2, -0.15) is 11.8 Å². The molecular formula is C15H15NO3S3. The summed E-state index contributed by atoms with van der Waals surface area (Å²) >= 11 is 5.64. The van der Waals surface area contributed by atoms with E-state index >= 15 is 0 Å². The van der Waals surface area contributed by atoms with Gasteiger partial charge >= 0.3 is 0 Å². The monoisotopic (exact) mass is 353 g/mol. The maximum Gasteiger partial charge on any atom is 0.179 e. The van der Waals surface area contributed by atoms with Crippen LogP contribution in [0.25, 0.3) is 0 Å². The quantitative estimate of drug-likeness (QED) is 0.614. The molecule has 1 unspecified atom stereocenters. The number of hydrogen-bond acceptors (Lipinski definition) is 6. The van der Waals surface area contributed by atoms with Crippen molar-refractivity contribution >= 4 is 40.1 Å². The van der Waals surface area contributed by atoms with Crippen LogP contribution < -0.4 is 9.46 Å². The van der Waals surface area contributed by atoms with Gasteiger partial charge in [-0.15, -0.1) is 0 Å². The highest BCUT2D eigenvalue weighted by atomic mass is 32.2. The molecule has 1 aliphatic heterocycles. The Hall–Kier alpha value is -1.31. The summed E-state index contributed by atoms with van der Waals surface area (Å²) in [6.45, 7) is 0. The molecule has 1 atom stereocenters. The third-order valence-corrected chi connectivity index (χ3v) is 6.48. The van der Waals surface area contributed by atoms with Crippen molar-refractivity contribution in [3.63, 3.8) is 0 Å². The lowest BCUT2D eigenvalue weighted by Gasteiger charge is -2.08. The first-order valence-corrected chi connectivity index (χ1v) is 9.84. The van der Waals surface area contributed by atoms with Crippen molar-refractivity contribution in [2.24, 2.45) is 0 Å². The zero-order chi connectivity index (χ0) is 15.6. The summed E-state index contributed by atoms with van der Waals surface area (Å²) in [7, 11) is -3.19. The lowest BCUT2D eigenvalue weighted by atomic mass is 10.3. The molecule has 0 radical (unpaired) electrons. The van der Waals surface area contributed by atoms with E-state index in [1.165, 1.54) is 0 Å². The molecule has 0 amide bonds. The number of thioether (sulfide) groups is 1. The summed E-state index contributed by atoms with van der Waals surface area (Å²) < 4.78 is 32.7. The van der Waals surface area contributed by atoms with Crippen molar-refractivity contribution in [1.82, 2.24) is 0 Å². The van der Waals surface area contributed by atoms with E-state index in [2.05, 4.69) is 17.5 Å². The third kappa shape index (κ3) is 3.91. The number of ether oxygens (including phenoxy) is 1. The Labute approximate surface area is 139 Å². The zero-order valence-electron chi connectivity index (χ0n) is 11.6. The van der Waals surface area contributed by atoms with Gasteiger partial charge in [0.1, 0.15) is 11.5 Å². The van der Waals surface area contributed by atoms with Crippen LogP contribution in [0, 0.1) is 0 Å². The molecule has 1 saturated heterocycles. The van der Waals surface area contributed by atoms with Crippen LogP contribution >= 0.6 is 24.6 Å². The first kappa shape index (κ1) is 15.6. The minimum Gasteiger partial charge on any atom is -0.457 e. The molecule has 22 heavy (non-hydrogen) atoms. The highest BCUT2D eigenvalue weighted by molar-refractivity contribution is 8.08. The van der Waals surface area contributed by atoms with Gasteiger partial charge in [0, 0.05) is 16.7 Å². The summed E-state index contributed by atoms with van der Waals surface area (Å²) in [6.07, 6.45) is 0. The second-order valence-corrected chi connectivity index (χ2v) is 8.54. The first-order valence-electron chi connectivity index (χ1n) is 6.69. The van der Waals surface area contributed by atoms with E-state index in [0.29, 0.717) is 16.4 Å². The lowest BCUT2D eigenvalue weighted by molar-refractivity contribution is 0.482. The van der Waals surface area contributed by atoms with Crippen molar-refractivity contribution in [2.45, 2.75) is 10.1 Å². The van der Waals surface area contributed by atoms with E-state index in [0.717, 1.165) is 11.4 Å². The summed E-state index contributed by atoms with van der Waals surface area (Å²) in [6, 6.07) is 13.9. The number of hydrogen-bond donors (Lipinski definition) is 2. The fraction of sp³-hybridized carbons (Fsp3) is 0.200. The van der Waals surface area contributed by atoms with Crippen LogP contribution in [0.4, 0.5) is 5.69 Å². The van der Waals surface area contributed by atoms with Crippen molar-refractivity contribution in [1.29, 1.82) is 0 Å². The lowest BCUT2D eigenvalue weighted by Crippen LogP contribution is -2.10. The fourth-order valence-electron chi connectivity index (χ4n) is 1.95. The van der Waals surface area contributed by atoms with E-state index in [1.54, 1.807) is 36.0 Å². The first-order chi connectivity index (χ1) is 10.6. The van der Waals surface area contributed by atoms with Gasteiger partial charge in [0.05, 0.1) is 10.6 Å². The molecule has 1 heterocycles. The molecule has 7 heteroatoms. The smallest absolute Gasteiger partial charge is 0.179 e. The number of sulfone groups is 1. The predicted octanol–water partition coefficient (Wildman–Crippen LogP) is 3.62. The SMILES string of the molecule is O=S(=O)(CC1CS1)c1ccc(Oc2ccc(NS)cc2)cc1. The molecule has 116 valence electrons. The van der Waals surface area contributed by atoms with Crippen molar-refractivity contribution in [3.05, 3.63) is 48.5 Å². The zero-order valence-corrected chi connectivity index (χ0v) is 14.1. The Morgan fingerprint density at radius 2 is 1.64 bits per heavy atom. The number of anilines is 1. The van der Waals surface area contributed by atoms with Gasteiger partial charge in [-0.05, 0) is 48.5 Å². The number of nitrogens with one attached hydrogen (secondary N) is 1. The third-order valence-electron chi connectivity index (χ3n) is 3.21. The Balaban J connectivity index is 1.70. The minimum atomic E-state index is -3.19. The Morgan fingerprint density at radius 3 is 2.14 bits per heavy atom. The molecule has 3 rings (SSSR count). The molecule has 1 N–H and O–H groups in total. The highest BCUT2D eigenvalue weighted by Gasteiger charge is 2.29. The van der Waals surface area contributed by atoms with Gasteiger partial charge in [-0.1, -0.05) is 12.8 Å². The fourth-order valence-corrected chi connectivity index (χ4v) is 4.78. The van der Waals surface area contributed by atoms with E-state index in [9.17, 15) is 8.42 Å². The molecule has 0 saturated carbocycles.